The average Bonchev–Trinajstić information content (AvgIpc) is 2.93. The fraction of sp³-hybridized carbons (Fsp3) is 0.308. The molecule has 0 saturated heterocycles. The van der Waals surface area contributed by atoms with Gasteiger partial charge < -0.3 is 35.5 Å². The second-order valence-corrected chi connectivity index (χ2v) is 7.61. The maximum atomic E-state index is 12.0. The third-order valence-corrected chi connectivity index (χ3v) is 4.84. The maximum absolute atomic E-state index is 12.0. The van der Waals surface area contributed by atoms with E-state index < -0.39 is 0 Å². The number of carbonyl (C=O) groups excluding carboxylic acids is 1. The van der Waals surface area contributed by atoms with Crippen molar-refractivity contribution in [3.63, 3.8) is 0 Å². The lowest BCUT2D eigenvalue weighted by Crippen LogP contribution is -2.27. The Labute approximate surface area is 216 Å². The molecule has 1 amide bonds. The molecule has 0 radical (unpaired) electrons. The lowest BCUT2D eigenvalue weighted by atomic mass is 10.2. The number of nitrogens with zero attached hydrogens (tertiary/aromatic N) is 3. The summed E-state index contributed by atoms with van der Waals surface area (Å²) < 4.78 is 16.4. The average molecular weight is 508 g/mol. The van der Waals surface area contributed by atoms with Gasteiger partial charge in [-0.3, -0.25) is 4.79 Å². The summed E-state index contributed by atoms with van der Waals surface area (Å²) in [5.41, 5.74) is 1.41. The molecule has 0 atom stereocenters. The predicted octanol–water partition coefficient (Wildman–Crippen LogP) is 3.10. The van der Waals surface area contributed by atoms with Crippen LogP contribution in [0.3, 0.4) is 0 Å². The molecule has 1 aromatic heterocycles. The fourth-order valence-corrected chi connectivity index (χ4v) is 3.07. The van der Waals surface area contributed by atoms with Crippen LogP contribution in [0.5, 0.6) is 5.75 Å². The molecule has 0 saturated carbocycles. The minimum absolute atomic E-state index is 0.116. The Hall–Kier alpha value is -4.22. The normalized spacial score (nSPS) is 10.4. The van der Waals surface area contributed by atoms with E-state index in [0.29, 0.717) is 69.5 Å². The summed E-state index contributed by atoms with van der Waals surface area (Å²) in [6.45, 7) is 6.86. The van der Waals surface area contributed by atoms with Gasteiger partial charge in [-0.2, -0.15) is 15.0 Å². The van der Waals surface area contributed by atoms with Crippen molar-refractivity contribution < 1.29 is 19.0 Å². The molecule has 0 aliphatic carbocycles. The summed E-state index contributed by atoms with van der Waals surface area (Å²) in [6.07, 6.45) is 1.72. The van der Waals surface area contributed by atoms with Crippen molar-refractivity contribution in [3.8, 4) is 5.75 Å². The van der Waals surface area contributed by atoms with Crippen LogP contribution < -0.4 is 26.0 Å². The van der Waals surface area contributed by atoms with Gasteiger partial charge in [-0.25, -0.2) is 0 Å². The Kier molecular flexibility index (Phi) is 11.6. The SMILES string of the molecule is C=CCNc1nc(NCCOCCOCCNC(=O)c2ccccc2)nc(Nc2cccc(OC)c2)n1. The van der Waals surface area contributed by atoms with Crippen LogP contribution >= 0.6 is 0 Å². The molecular formula is C26H33N7O4. The van der Waals surface area contributed by atoms with Gasteiger partial charge in [0.2, 0.25) is 17.8 Å². The summed E-state index contributed by atoms with van der Waals surface area (Å²) in [5.74, 6) is 1.80. The second kappa shape index (κ2) is 15.7. The van der Waals surface area contributed by atoms with Crippen LogP contribution in [0, 0.1) is 0 Å². The number of hydrogen-bond acceptors (Lipinski definition) is 10. The number of nitrogens with one attached hydrogen (secondary N) is 4. The van der Waals surface area contributed by atoms with Crippen molar-refractivity contribution in [3.05, 3.63) is 72.8 Å². The summed E-state index contributed by atoms with van der Waals surface area (Å²) in [6, 6.07) is 16.5. The number of anilines is 4. The van der Waals surface area contributed by atoms with E-state index in [-0.39, 0.29) is 5.91 Å². The quantitative estimate of drug-likeness (QED) is 0.160. The zero-order valence-corrected chi connectivity index (χ0v) is 20.9. The van der Waals surface area contributed by atoms with Gasteiger partial charge in [-0.1, -0.05) is 30.3 Å². The molecule has 3 rings (SSSR count). The zero-order chi connectivity index (χ0) is 26.1. The van der Waals surface area contributed by atoms with Crippen LogP contribution in [0.1, 0.15) is 10.4 Å². The van der Waals surface area contributed by atoms with Crippen LogP contribution in [0.4, 0.5) is 23.5 Å². The van der Waals surface area contributed by atoms with E-state index in [1.54, 1.807) is 25.3 Å². The maximum Gasteiger partial charge on any atom is 0.251 e. The van der Waals surface area contributed by atoms with E-state index in [4.69, 9.17) is 14.2 Å². The van der Waals surface area contributed by atoms with Gasteiger partial charge in [0, 0.05) is 37.0 Å². The third kappa shape index (κ3) is 10.1. The van der Waals surface area contributed by atoms with E-state index in [9.17, 15) is 4.79 Å². The lowest BCUT2D eigenvalue weighted by molar-refractivity contribution is 0.0519. The lowest BCUT2D eigenvalue weighted by Gasteiger charge is -2.11. The Bertz CT molecular complexity index is 1120. The molecule has 2 aromatic carbocycles. The smallest absolute Gasteiger partial charge is 0.251 e. The monoisotopic (exact) mass is 507 g/mol. The Morgan fingerprint density at radius 1 is 0.865 bits per heavy atom. The highest BCUT2D eigenvalue weighted by Crippen LogP contribution is 2.20. The molecule has 0 fully saturated rings. The van der Waals surface area contributed by atoms with E-state index >= 15 is 0 Å². The molecule has 37 heavy (non-hydrogen) atoms. The Morgan fingerprint density at radius 2 is 1.57 bits per heavy atom. The first-order valence-corrected chi connectivity index (χ1v) is 11.9. The Balaban J connectivity index is 1.35. The van der Waals surface area contributed by atoms with Crippen molar-refractivity contribution in [1.29, 1.82) is 0 Å². The molecule has 0 bridgehead atoms. The minimum atomic E-state index is -0.116. The summed E-state index contributed by atoms with van der Waals surface area (Å²) >= 11 is 0. The number of carbonyl (C=O) groups is 1. The van der Waals surface area contributed by atoms with Crippen LogP contribution in [0.2, 0.25) is 0 Å². The molecule has 196 valence electrons. The second-order valence-electron chi connectivity index (χ2n) is 7.61. The highest BCUT2D eigenvalue weighted by Gasteiger charge is 2.07. The van der Waals surface area contributed by atoms with Gasteiger partial charge >= 0.3 is 0 Å². The molecule has 3 aromatic rings. The van der Waals surface area contributed by atoms with Crippen molar-refractivity contribution in [2.24, 2.45) is 0 Å². The first-order valence-electron chi connectivity index (χ1n) is 11.9. The molecular weight excluding hydrogens is 474 g/mol. The first-order chi connectivity index (χ1) is 18.2. The highest BCUT2D eigenvalue weighted by molar-refractivity contribution is 5.94. The molecule has 1 heterocycles. The van der Waals surface area contributed by atoms with E-state index in [1.807, 2.05) is 42.5 Å². The summed E-state index contributed by atoms with van der Waals surface area (Å²) in [4.78, 5) is 25.2. The molecule has 0 aliphatic heterocycles. The van der Waals surface area contributed by atoms with Gasteiger partial charge in [-0.15, -0.1) is 6.58 Å². The number of ether oxygens (including phenoxy) is 3. The molecule has 0 aliphatic rings. The van der Waals surface area contributed by atoms with Gasteiger partial charge in [0.25, 0.3) is 5.91 Å². The first kappa shape index (κ1) is 27.4. The number of aromatic nitrogens is 3. The molecule has 11 heteroatoms. The summed E-state index contributed by atoms with van der Waals surface area (Å²) in [7, 11) is 1.61. The van der Waals surface area contributed by atoms with Crippen LogP contribution in [0.15, 0.2) is 67.3 Å². The number of amides is 1. The molecule has 0 spiro atoms. The van der Waals surface area contributed by atoms with Crippen molar-refractivity contribution in [2.75, 3.05) is 69.1 Å². The number of hydrogen-bond donors (Lipinski definition) is 4. The molecule has 4 N–H and O–H groups in total. The topological polar surface area (TPSA) is 132 Å². The van der Waals surface area contributed by atoms with Crippen molar-refractivity contribution >= 4 is 29.4 Å². The fourth-order valence-electron chi connectivity index (χ4n) is 3.07. The standard InChI is InChI=1S/C26H33N7O4/c1-3-12-28-24-31-25(33-26(32-24)30-21-10-7-11-22(19-21)35-2)29-14-16-37-18-17-36-15-13-27-23(34)20-8-5-4-6-9-20/h3-11,19H,1,12-18H2,2H3,(H,27,34)(H3,28,29,30,31,32,33). The van der Waals surface area contributed by atoms with Crippen LogP contribution in [0.25, 0.3) is 0 Å². The van der Waals surface area contributed by atoms with E-state index in [2.05, 4.69) is 42.8 Å². The predicted molar refractivity (Wildman–Crippen MR) is 144 cm³/mol. The molecule has 0 unspecified atom stereocenters. The zero-order valence-electron chi connectivity index (χ0n) is 20.9. The van der Waals surface area contributed by atoms with E-state index in [0.717, 1.165) is 11.4 Å². The number of rotatable bonds is 17. The molecule has 11 nitrogen and oxygen atoms in total. The number of methoxy groups -OCH3 is 1. The van der Waals surface area contributed by atoms with Gasteiger partial charge in [0.05, 0.1) is 33.5 Å². The minimum Gasteiger partial charge on any atom is -0.497 e. The Morgan fingerprint density at radius 3 is 2.30 bits per heavy atom. The third-order valence-electron chi connectivity index (χ3n) is 4.84. The van der Waals surface area contributed by atoms with Crippen molar-refractivity contribution in [2.45, 2.75) is 0 Å². The van der Waals surface area contributed by atoms with Crippen molar-refractivity contribution in [1.82, 2.24) is 20.3 Å². The van der Waals surface area contributed by atoms with Gasteiger partial charge in [0.15, 0.2) is 0 Å². The summed E-state index contributed by atoms with van der Waals surface area (Å²) in [5, 5.41) is 12.2. The largest absolute Gasteiger partial charge is 0.497 e. The van der Waals surface area contributed by atoms with Crippen LogP contribution in [-0.4, -0.2) is 74.0 Å². The van der Waals surface area contributed by atoms with Gasteiger partial charge in [-0.05, 0) is 24.3 Å². The number of benzene rings is 2. The van der Waals surface area contributed by atoms with Gasteiger partial charge in [0.1, 0.15) is 5.75 Å². The van der Waals surface area contributed by atoms with E-state index in [1.165, 1.54) is 0 Å². The highest BCUT2D eigenvalue weighted by atomic mass is 16.5. The van der Waals surface area contributed by atoms with Crippen LogP contribution in [-0.2, 0) is 9.47 Å².